The van der Waals surface area contributed by atoms with Crippen LogP contribution in [0.5, 0.6) is 5.75 Å². The first-order valence-electron chi connectivity index (χ1n) is 6.51. The van der Waals surface area contributed by atoms with Crippen LogP contribution in [0.15, 0.2) is 18.2 Å². The minimum atomic E-state index is 0.334. The predicted molar refractivity (Wildman–Crippen MR) is 71.7 cm³/mol. The first kappa shape index (κ1) is 12.4. The summed E-state index contributed by atoms with van der Waals surface area (Å²) in [5.41, 5.74) is 2.98. The van der Waals surface area contributed by atoms with Gasteiger partial charge in [0.25, 0.3) is 0 Å². The van der Waals surface area contributed by atoms with Crippen molar-refractivity contribution >= 4 is 0 Å². The molecule has 0 radical (unpaired) electrons. The summed E-state index contributed by atoms with van der Waals surface area (Å²) in [5, 5.41) is 3.54. The van der Waals surface area contributed by atoms with Crippen LogP contribution in [0.1, 0.15) is 36.8 Å². The molecule has 1 aliphatic carbocycles. The summed E-state index contributed by atoms with van der Waals surface area (Å²) in [6, 6.07) is 6.54. The molecular formula is C15H23NO. The van der Waals surface area contributed by atoms with Gasteiger partial charge in [-0.1, -0.05) is 25.0 Å². The molecular weight excluding hydrogens is 210 g/mol. The Hall–Kier alpha value is -1.02. The molecule has 1 aliphatic rings. The number of hydrogen-bond donors (Lipinski definition) is 1. The highest BCUT2D eigenvalue weighted by Gasteiger charge is 2.31. The molecule has 0 spiro atoms. The van der Waals surface area contributed by atoms with E-state index < -0.39 is 0 Å². The van der Waals surface area contributed by atoms with E-state index in [-0.39, 0.29) is 0 Å². The molecule has 1 aromatic carbocycles. The highest BCUT2D eigenvalue weighted by atomic mass is 16.5. The van der Waals surface area contributed by atoms with Crippen molar-refractivity contribution in [3.8, 4) is 5.75 Å². The Kier molecular flexibility index (Phi) is 3.72. The molecule has 1 N–H and O–H groups in total. The van der Waals surface area contributed by atoms with E-state index in [2.05, 4.69) is 37.5 Å². The highest BCUT2D eigenvalue weighted by molar-refractivity contribution is 5.36. The maximum Gasteiger partial charge on any atom is 0.121 e. The zero-order valence-corrected chi connectivity index (χ0v) is 11.2. The Balaban J connectivity index is 2.15. The van der Waals surface area contributed by atoms with E-state index in [1.807, 2.05) is 0 Å². The third-order valence-electron chi connectivity index (χ3n) is 4.09. The molecule has 1 aromatic rings. The number of aryl methyl sites for hydroxylation is 1. The molecule has 0 amide bonds. The number of hydrogen-bond acceptors (Lipinski definition) is 2. The summed E-state index contributed by atoms with van der Waals surface area (Å²) in [6.07, 6.45) is 6.45. The van der Waals surface area contributed by atoms with Crippen molar-refractivity contribution in [3.05, 3.63) is 29.3 Å². The molecule has 0 saturated heterocycles. The number of rotatable bonds is 4. The van der Waals surface area contributed by atoms with Gasteiger partial charge in [0.05, 0.1) is 7.11 Å². The lowest BCUT2D eigenvalue weighted by molar-refractivity contribution is 0.356. The van der Waals surface area contributed by atoms with Gasteiger partial charge in [0.15, 0.2) is 0 Å². The van der Waals surface area contributed by atoms with Crippen LogP contribution in [0.2, 0.25) is 0 Å². The van der Waals surface area contributed by atoms with Crippen LogP contribution in [0.4, 0.5) is 0 Å². The smallest absolute Gasteiger partial charge is 0.121 e. The van der Waals surface area contributed by atoms with Crippen molar-refractivity contribution < 1.29 is 4.74 Å². The minimum absolute atomic E-state index is 0.334. The monoisotopic (exact) mass is 233 g/mol. The van der Waals surface area contributed by atoms with Crippen LogP contribution < -0.4 is 10.1 Å². The molecule has 0 bridgehead atoms. The highest BCUT2D eigenvalue weighted by Crippen LogP contribution is 2.33. The van der Waals surface area contributed by atoms with Crippen LogP contribution in [0.3, 0.4) is 0 Å². The lowest BCUT2D eigenvalue weighted by atomic mass is 9.89. The fourth-order valence-corrected chi connectivity index (χ4v) is 3.01. The lowest BCUT2D eigenvalue weighted by Gasteiger charge is -2.29. The maximum absolute atomic E-state index is 5.31. The summed E-state index contributed by atoms with van der Waals surface area (Å²) in [6.45, 7) is 2.11. The topological polar surface area (TPSA) is 21.3 Å². The first-order valence-corrected chi connectivity index (χ1v) is 6.51. The summed E-state index contributed by atoms with van der Waals surface area (Å²) in [7, 11) is 3.83. The molecule has 1 saturated carbocycles. The Morgan fingerprint density at radius 2 is 2.00 bits per heavy atom. The van der Waals surface area contributed by atoms with Gasteiger partial charge in [-0.05, 0) is 50.4 Å². The van der Waals surface area contributed by atoms with Crippen molar-refractivity contribution in [2.45, 2.75) is 44.6 Å². The molecule has 0 heterocycles. The third kappa shape index (κ3) is 2.63. The normalized spacial score (nSPS) is 18.3. The van der Waals surface area contributed by atoms with E-state index in [1.54, 1.807) is 7.11 Å². The van der Waals surface area contributed by atoms with Gasteiger partial charge in [-0.2, -0.15) is 0 Å². The number of likely N-dealkylation sites (N-methyl/N-ethyl adjacent to an activating group) is 1. The van der Waals surface area contributed by atoms with Crippen molar-refractivity contribution in [3.63, 3.8) is 0 Å². The molecule has 94 valence electrons. The first-order chi connectivity index (χ1) is 8.19. The van der Waals surface area contributed by atoms with Gasteiger partial charge in [-0.3, -0.25) is 0 Å². The van der Waals surface area contributed by atoms with Crippen LogP contribution in [0, 0.1) is 6.92 Å². The van der Waals surface area contributed by atoms with Gasteiger partial charge in [0.1, 0.15) is 5.75 Å². The van der Waals surface area contributed by atoms with Crippen molar-refractivity contribution in [2.75, 3.05) is 14.2 Å². The van der Waals surface area contributed by atoms with Crippen molar-refractivity contribution in [1.82, 2.24) is 5.32 Å². The van der Waals surface area contributed by atoms with Gasteiger partial charge in [-0.25, -0.2) is 0 Å². The summed E-state index contributed by atoms with van der Waals surface area (Å²) < 4.78 is 5.31. The summed E-state index contributed by atoms with van der Waals surface area (Å²) in [5.74, 6) is 0.985. The van der Waals surface area contributed by atoms with Crippen LogP contribution in [-0.2, 0) is 6.42 Å². The van der Waals surface area contributed by atoms with Gasteiger partial charge in [0.2, 0.25) is 0 Å². The van der Waals surface area contributed by atoms with Crippen LogP contribution >= 0.6 is 0 Å². The SMILES string of the molecule is CNC1(Cc2ccc(OC)c(C)c2)CCCC1. The molecule has 0 aromatic heterocycles. The number of methoxy groups -OCH3 is 1. The number of ether oxygens (including phenoxy) is 1. The Morgan fingerprint density at radius 3 is 2.53 bits per heavy atom. The van der Waals surface area contributed by atoms with Crippen LogP contribution in [-0.4, -0.2) is 19.7 Å². The van der Waals surface area contributed by atoms with Gasteiger partial charge in [0, 0.05) is 5.54 Å². The molecule has 2 nitrogen and oxygen atoms in total. The Bertz CT molecular complexity index is 381. The standard InChI is InChI=1S/C15H23NO/c1-12-10-13(6-7-14(12)17-3)11-15(16-2)8-4-5-9-15/h6-7,10,16H,4-5,8-9,11H2,1-3H3. The van der Waals surface area contributed by atoms with Crippen LogP contribution in [0.25, 0.3) is 0 Å². The summed E-state index contributed by atoms with van der Waals surface area (Å²) in [4.78, 5) is 0. The quantitative estimate of drug-likeness (QED) is 0.863. The average molecular weight is 233 g/mol. The molecule has 0 atom stereocenters. The van der Waals surface area contributed by atoms with E-state index in [1.165, 1.54) is 36.8 Å². The minimum Gasteiger partial charge on any atom is -0.496 e. The molecule has 0 unspecified atom stereocenters. The lowest BCUT2D eigenvalue weighted by Crippen LogP contribution is -2.42. The number of nitrogens with one attached hydrogen (secondary N) is 1. The molecule has 17 heavy (non-hydrogen) atoms. The average Bonchev–Trinajstić information content (AvgIpc) is 2.79. The van der Waals surface area contributed by atoms with Crippen molar-refractivity contribution in [2.24, 2.45) is 0 Å². The Labute approximate surface area is 104 Å². The summed E-state index contributed by atoms with van der Waals surface area (Å²) >= 11 is 0. The van der Waals surface area contributed by atoms with Gasteiger partial charge < -0.3 is 10.1 Å². The zero-order chi connectivity index (χ0) is 12.3. The van der Waals surface area contributed by atoms with E-state index in [9.17, 15) is 0 Å². The van der Waals surface area contributed by atoms with E-state index in [0.29, 0.717) is 5.54 Å². The Morgan fingerprint density at radius 1 is 1.29 bits per heavy atom. The fraction of sp³-hybridized carbons (Fsp3) is 0.600. The zero-order valence-electron chi connectivity index (χ0n) is 11.2. The van der Waals surface area contributed by atoms with Gasteiger partial charge in [-0.15, -0.1) is 0 Å². The predicted octanol–water partition coefficient (Wildman–Crippen LogP) is 3.08. The fourth-order valence-electron chi connectivity index (χ4n) is 3.01. The van der Waals surface area contributed by atoms with Gasteiger partial charge >= 0.3 is 0 Å². The largest absolute Gasteiger partial charge is 0.496 e. The second-order valence-electron chi connectivity index (χ2n) is 5.22. The maximum atomic E-state index is 5.31. The third-order valence-corrected chi connectivity index (χ3v) is 4.09. The van der Waals surface area contributed by atoms with E-state index >= 15 is 0 Å². The second-order valence-corrected chi connectivity index (χ2v) is 5.22. The van der Waals surface area contributed by atoms with Crippen molar-refractivity contribution in [1.29, 1.82) is 0 Å². The molecule has 2 heteroatoms. The number of benzene rings is 1. The van der Waals surface area contributed by atoms with E-state index in [4.69, 9.17) is 4.74 Å². The molecule has 2 rings (SSSR count). The second kappa shape index (κ2) is 5.09. The molecule has 0 aliphatic heterocycles. The molecule has 1 fully saturated rings. The van der Waals surface area contributed by atoms with E-state index in [0.717, 1.165) is 12.2 Å².